The summed E-state index contributed by atoms with van der Waals surface area (Å²) >= 11 is 0. The molecule has 1 N–H and O–H groups in total. The van der Waals surface area contributed by atoms with Crippen molar-refractivity contribution >= 4 is 0 Å². The maximum Gasteiger partial charge on any atom is 0.0109 e. The van der Waals surface area contributed by atoms with Crippen molar-refractivity contribution in [1.29, 1.82) is 0 Å². The van der Waals surface area contributed by atoms with E-state index < -0.39 is 0 Å². The van der Waals surface area contributed by atoms with Crippen LogP contribution in [0.15, 0.2) is 0 Å². The highest BCUT2D eigenvalue weighted by atomic mass is 15.2. The summed E-state index contributed by atoms with van der Waals surface area (Å²) in [6.45, 7) is 7.59. The van der Waals surface area contributed by atoms with E-state index in [0.717, 1.165) is 6.04 Å². The predicted octanol–water partition coefficient (Wildman–Crippen LogP) is 0.766. The van der Waals surface area contributed by atoms with E-state index in [9.17, 15) is 0 Å². The Morgan fingerprint density at radius 3 is 2.80 bits per heavy atom. The van der Waals surface area contributed by atoms with E-state index in [4.69, 9.17) is 0 Å². The molecule has 0 radical (unpaired) electrons. The molecule has 0 aromatic carbocycles. The van der Waals surface area contributed by atoms with Crippen molar-refractivity contribution in [2.45, 2.75) is 31.7 Å². The van der Waals surface area contributed by atoms with Crippen LogP contribution >= 0.6 is 0 Å². The monoisotopic (exact) mass is 211 g/mol. The first-order valence-electron chi connectivity index (χ1n) is 6.49. The SMILES string of the molecule is CN1CCCN(CCCNC2CC2)CC1. The lowest BCUT2D eigenvalue weighted by molar-refractivity contribution is 0.272. The molecular weight excluding hydrogens is 186 g/mol. The lowest BCUT2D eigenvalue weighted by atomic mass is 10.3. The minimum absolute atomic E-state index is 0.875. The van der Waals surface area contributed by atoms with Crippen LogP contribution < -0.4 is 5.32 Å². The van der Waals surface area contributed by atoms with Crippen LogP contribution in [0.5, 0.6) is 0 Å². The standard InChI is InChI=1S/C12H25N3/c1-14-7-3-9-15(11-10-14)8-2-6-13-12-4-5-12/h12-13H,2-11H2,1H3. The zero-order chi connectivity index (χ0) is 10.5. The highest BCUT2D eigenvalue weighted by molar-refractivity contribution is 4.80. The Balaban J connectivity index is 1.52. The minimum Gasteiger partial charge on any atom is -0.314 e. The number of likely N-dealkylation sites (N-methyl/N-ethyl adjacent to an activating group) is 1. The molecule has 0 amide bonds. The van der Waals surface area contributed by atoms with E-state index >= 15 is 0 Å². The quantitative estimate of drug-likeness (QED) is 0.678. The van der Waals surface area contributed by atoms with E-state index in [-0.39, 0.29) is 0 Å². The fraction of sp³-hybridized carbons (Fsp3) is 1.00. The molecule has 0 bridgehead atoms. The Labute approximate surface area is 93.8 Å². The van der Waals surface area contributed by atoms with Gasteiger partial charge in [0.05, 0.1) is 0 Å². The van der Waals surface area contributed by atoms with Crippen molar-refractivity contribution in [3.8, 4) is 0 Å². The molecule has 3 heteroatoms. The molecule has 0 unspecified atom stereocenters. The third-order valence-corrected chi connectivity index (χ3v) is 3.47. The lowest BCUT2D eigenvalue weighted by Gasteiger charge is -2.19. The topological polar surface area (TPSA) is 18.5 Å². The average molecular weight is 211 g/mol. The number of nitrogens with one attached hydrogen (secondary N) is 1. The lowest BCUT2D eigenvalue weighted by Crippen LogP contribution is -2.31. The molecule has 2 aliphatic rings. The third-order valence-electron chi connectivity index (χ3n) is 3.47. The smallest absolute Gasteiger partial charge is 0.0109 e. The van der Waals surface area contributed by atoms with Crippen LogP contribution in [-0.2, 0) is 0 Å². The fourth-order valence-corrected chi connectivity index (χ4v) is 2.22. The van der Waals surface area contributed by atoms with Crippen LogP contribution in [0.1, 0.15) is 25.7 Å². The molecule has 15 heavy (non-hydrogen) atoms. The van der Waals surface area contributed by atoms with Crippen LogP contribution in [0.2, 0.25) is 0 Å². The van der Waals surface area contributed by atoms with Gasteiger partial charge in [0.25, 0.3) is 0 Å². The van der Waals surface area contributed by atoms with E-state index in [1.54, 1.807) is 0 Å². The van der Waals surface area contributed by atoms with Gasteiger partial charge >= 0.3 is 0 Å². The van der Waals surface area contributed by atoms with Crippen LogP contribution in [0.3, 0.4) is 0 Å². The van der Waals surface area contributed by atoms with Crippen molar-refractivity contribution in [1.82, 2.24) is 15.1 Å². The van der Waals surface area contributed by atoms with Crippen molar-refractivity contribution in [2.75, 3.05) is 46.3 Å². The zero-order valence-electron chi connectivity index (χ0n) is 10.0. The summed E-state index contributed by atoms with van der Waals surface area (Å²) in [4.78, 5) is 5.07. The second kappa shape index (κ2) is 5.83. The average Bonchev–Trinajstić information content (AvgIpc) is 3.02. The van der Waals surface area contributed by atoms with Gasteiger partial charge in [-0.2, -0.15) is 0 Å². The second-order valence-electron chi connectivity index (χ2n) is 5.08. The Hall–Kier alpha value is -0.120. The molecule has 0 aromatic heterocycles. The van der Waals surface area contributed by atoms with Crippen LogP contribution in [-0.4, -0.2) is 62.2 Å². The Morgan fingerprint density at radius 1 is 1.13 bits per heavy atom. The summed E-state index contributed by atoms with van der Waals surface area (Å²) in [5, 5.41) is 3.58. The molecule has 2 fully saturated rings. The van der Waals surface area contributed by atoms with Gasteiger partial charge in [-0.1, -0.05) is 0 Å². The van der Waals surface area contributed by atoms with Gasteiger partial charge in [-0.25, -0.2) is 0 Å². The van der Waals surface area contributed by atoms with E-state index in [2.05, 4.69) is 22.2 Å². The molecule has 0 spiro atoms. The zero-order valence-corrected chi connectivity index (χ0v) is 10.0. The summed E-state index contributed by atoms with van der Waals surface area (Å²) in [7, 11) is 2.23. The predicted molar refractivity (Wildman–Crippen MR) is 64.2 cm³/mol. The van der Waals surface area contributed by atoms with Gasteiger partial charge in [-0.15, -0.1) is 0 Å². The first kappa shape index (κ1) is 11.4. The van der Waals surface area contributed by atoms with Gasteiger partial charge in [0.2, 0.25) is 0 Å². The maximum atomic E-state index is 3.58. The van der Waals surface area contributed by atoms with E-state index in [1.165, 1.54) is 65.0 Å². The number of nitrogens with zero attached hydrogens (tertiary/aromatic N) is 2. The molecule has 0 aromatic rings. The molecule has 3 nitrogen and oxygen atoms in total. The van der Waals surface area contributed by atoms with E-state index in [1.807, 2.05) is 0 Å². The number of rotatable bonds is 5. The summed E-state index contributed by atoms with van der Waals surface area (Å²) < 4.78 is 0. The normalized spacial score (nSPS) is 25.4. The van der Waals surface area contributed by atoms with Gasteiger partial charge in [0, 0.05) is 19.1 Å². The van der Waals surface area contributed by atoms with E-state index in [0.29, 0.717) is 0 Å². The highest BCUT2D eigenvalue weighted by Crippen LogP contribution is 2.18. The Kier molecular flexibility index (Phi) is 4.42. The fourth-order valence-electron chi connectivity index (χ4n) is 2.22. The molecule has 1 saturated heterocycles. The summed E-state index contributed by atoms with van der Waals surface area (Å²) in [6, 6.07) is 0.875. The van der Waals surface area contributed by atoms with Crippen molar-refractivity contribution < 1.29 is 0 Å². The third kappa shape index (κ3) is 4.49. The van der Waals surface area contributed by atoms with Crippen molar-refractivity contribution in [3.05, 3.63) is 0 Å². The molecule has 0 atom stereocenters. The van der Waals surface area contributed by atoms with Gasteiger partial charge in [0.15, 0.2) is 0 Å². The first-order chi connectivity index (χ1) is 7.34. The van der Waals surface area contributed by atoms with Crippen molar-refractivity contribution in [3.63, 3.8) is 0 Å². The summed E-state index contributed by atoms with van der Waals surface area (Å²) in [5.74, 6) is 0. The van der Waals surface area contributed by atoms with Crippen LogP contribution in [0.25, 0.3) is 0 Å². The second-order valence-corrected chi connectivity index (χ2v) is 5.08. The molecule has 1 aliphatic heterocycles. The van der Waals surface area contributed by atoms with Gasteiger partial charge in [-0.05, 0) is 58.9 Å². The molecule has 88 valence electrons. The van der Waals surface area contributed by atoms with Crippen LogP contribution in [0.4, 0.5) is 0 Å². The van der Waals surface area contributed by atoms with Gasteiger partial charge < -0.3 is 15.1 Å². The highest BCUT2D eigenvalue weighted by Gasteiger charge is 2.19. The van der Waals surface area contributed by atoms with Crippen LogP contribution in [0, 0.1) is 0 Å². The maximum absolute atomic E-state index is 3.58. The molecule has 1 heterocycles. The van der Waals surface area contributed by atoms with Crippen molar-refractivity contribution in [2.24, 2.45) is 0 Å². The largest absolute Gasteiger partial charge is 0.314 e. The first-order valence-corrected chi connectivity index (χ1v) is 6.49. The molecular formula is C12H25N3. The number of hydrogen-bond acceptors (Lipinski definition) is 3. The number of hydrogen-bond donors (Lipinski definition) is 1. The summed E-state index contributed by atoms with van der Waals surface area (Å²) in [5.41, 5.74) is 0. The summed E-state index contributed by atoms with van der Waals surface area (Å²) in [6.07, 6.45) is 5.48. The van der Waals surface area contributed by atoms with Gasteiger partial charge in [0.1, 0.15) is 0 Å². The molecule has 2 rings (SSSR count). The minimum atomic E-state index is 0.875. The van der Waals surface area contributed by atoms with Gasteiger partial charge in [-0.3, -0.25) is 0 Å². The Morgan fingerprint density at radius 2 is 2.00 bits per heavy atom. The Bertz CT molecular complexity index is 180. The molecule has 1 aliphatic carbocycles. The molecule has 1 saturated carbocycles.